The maximum absolute atomic E-state index is 14.3. The molecule has 0 unspecified atom stereocenters. The van der Waals surface area contributed by atoms with Crippen LogP contribution in [0.4, 0.5) is 4.39 Å². The van der Waals surface area contributed by atoms with Gasteiger partial charge in [0.25, 0.3) is 0 Å². The van der Waals surface area contributed by atoms with E-state index < -0.39 is 0 Å². The summed E-state index contributed by atoms with van der Waals surface area (Å²) in [6, 6.07) is 17.9. The second kappa shape index (κ2) is 11.8. The number of carbonyl (C=O) groups excluding carboxylic acids is 1. The quantitative estimate of drug-likeness (QED) is 0.395. The van der Waals surface area contributed by atoms with Crippen LogP contribution in [0.1, 0.15) is 35.6 Å². The van der Waals surface area contributed by atoms with E-state index in [1.54, 1.807) is 6.07 Å². The zero-order valence-corrected chi connectivity index (χ0v) is 21.1. The molecule has 1 amide bonds. The van der Waals surface area contributed by atoms with Crippen LogP contribution in [0.5, 0.6) is 17.2 Å². The molecule has 0 heterocycles. The Morgan fingerprint density at radius 2 is 1.70 bits per heavy atom. The van der Waals surface area contributed by atoms with Gasteiger partial charge in [-0.2, -0.15) is 0 Å². The number of halogens is 1. The fraction of sp³-hybridized carbons (Fsp3) is 0.233. The predicted molar refractivity (Wildman–Crippen MR) is 142 cm³/mol. The predicted octanol–water partition coefficient (Wildman–Crippen LogP) is 5.25. The van der Waals surface area contributed by atoms with Crippen molar-refractivity contribution in [2.75, 3.05) is 27.4 Å². The molecule has 2 N–H and O–H groups in total. The Bertz CT molecular complexity index is 1320. The van der Waals surface area contributed by atoms with Crippen LogP contribution in [0.3, 0.4) is 0 Å². The van der Waals surface area contributed by atoms with Crippen molar-refractivity contribution in [1.29, 1.82) is 0 Å². The standard InChI is InChI=1S/C30H30FNO5/c1-19-24(13-21-14-27(35-2)30(37-12-11-33)28(15-21)36-3)23-10-9-22(31)16-26(23)25(19)17-29(34)32-18-20-7-5-4-6-8-20/h4-10,13-16,33H,11-12,17-18H2,1-3H3,(H,32,34). The average Bonchev–Trinajstić information content (AvgIpc) is 3.16. The first-order valence-corrected chi connectivity index (χ1v) is 12.0. The Morgan fingerprint density at radius 3 is 2.35 bits per heavy atom. The van der Waals surface area contributed by atoms with Gasteiger partial charge in [0.05, 0.1) is 27.2 Å². The Hall–Kier alpha value is -4.10. The zero-order chi connectivity index (χ0) is 26.4. The summed E-state index contributed by atoms with van der Waals surface area (Å²) in [5.41, 5.74) is 5.92. The van der Waals surface area contributed by atoms with Crippen molar-refractivity contribution in [2.24, 2.45) is 0 Å². The Balaban J connectivity index is 1.68. The summed E-state index contributed by atoms with van der Waals surface area (Å²) >= 11 is 0. The summed E-state index contributed by atoms with van der Waals surface area (Å²) in [5.74, 6) is 0.823. The van der Waals surface area contributed by atoms with E-state index in [4.69, 9.17) is 19.3 Å². The third-order valence-corrected chi connectivity index (χ3v) is 6.26. The van der Waals surface area contributed by atoms with E-state index >= 15 is 0 Å². The van der Waals surface area contributed by atoms with Crippen LogP contribution >= 0.6 is 0 Å². The SMILES string of the molecule is COc1cc(C=C2C(C)=C(CC(=O)NCc3ccccc3)c3cc(F)ccc32)cc(OC)c1OCCO. The first-order chi connectivity index (χ1) is 17.9. The molecule has 6 nitrogen and oxygen atoms in total. The first-order valence-electron chi connectivity index (χ1n) is 12.0. The third-order valence-electron chi connectivity index (χ3n) is 6.26. The molecule has 7 heteroatoms. The molecule has 0 saturated heterocycles. The average molecular weight is 504 g/mol. The van der Waals surface area contributed by atoms with Crippen molar-refractivity contribution >= 4 is 23.1 Å². The van der Waals surface area contributed by atoms with Gasteiger partial charge in [-0.1, -0.05) is 36.4 Å². The number of benzene rings is 3. The van der Waals surface area contributed by atoms with Crippen LogP contribution in [-0.4, -0.2) is 38.4 Å². The minimum Gasteiger partial charge on any atom is -0.493 e. The number of hydrogen-bond donors (Lipinski definition) is 2. The molecule has 3 aromatic carbocycles. The van der Waals surface area contributed by atoms with Gasteiger partial charge >= 0.3 is 0 Å². The number of fused-ring (bicyclic) bond motifs is 1. The topological polar surface area (TPSA) is 77.0 Å². The molecule has 3 aromatic rings. The van der Waals surface area contributed by atoms with Gasteiger partial charge in [-0.25, -0.2) is 4.39 Å². The lowest BCUT2D eigenvalue weighted by molar-refractivity contribution is -0.120. The zero-order valence-electron chi connectivity index (χ0n) is 21.1. The van der Waals surface area contributed by atoms with Crippen LogP contribution in [0.2, 0.25) is 0 Å². The van der Waals surface area contributed by atoms with Crippen molar-refractivity contribution < 1.29 is 28.5 Å². The van der Waals surface area contributed by atoms with Gasteiger partial charge in [-0.15, -0.1) is 0 Å². The molecule has 1 aliphatic carbocycles. The maximum atomic E-state index is 14.3. The van der Waals surface area contributed by atoms with Crippen LogP contribution in [0, 0.1) is 5.82 Å². The Morgan fingerprint density at radius 1 is 1.00 bits per heavy atom. The molecule has 37 heavy (non-hydrogen) atoms. The number of aliphatic hydroxyl groups excluding tert-OH is 1. The van der Waals surface area contributed by atoms with E-state index in [2.05, 4.69) is 5.32 Å². The highest BCUT2D eigenvalue weighted by Crippen LogP contribution is 2.45. The van der Waals surface area contributed by atoms with Gasteiger partial charge in [-0.05, 0) is 76.2 Å². The van der Waals surface area contributed by atoms with Crippen LogP contribution in [0.25, 0.3) is 17.2 Å². The van der Waals surface area contributed by atoms with Crippen LogP contribution in [-0.2, 0) is 11.3 Å². The van der Waals surface area contributed by atoms with Crippen molar-refractivity contribution in [3.05, 3.63) is 94.3 Å². The summed E-state index contributed by atoms with van der Waals surface area (Å²) in [7, 11) is 3.06. The summed E-state index contributed by atoms with van der Waals surface area (Å²) < 4.78 is 30.9. The molecule has 192 valence electrons. The second-order valence-corrected chi connectivity index (χ2v) is 8.62. The highest BCUT2D eigenvalue weighted by Gasteiger charge is 2.26. The lowest BCUT2D eigenvalue weighted by atomic mass is 10.00. The molecule has 1 aliphatic rings. The number of carbonyl (C=O) groups is 1. The maximum Gasteiger partial charge on any atom is 0.224 e. The molecule has 0 saturated carbocycles. The van der Waals surface area contributed by atoms with E-state index in [0.717, 1.165) is 33.4 Å². The number of ether oxygens (including phenoxy) is 3. The summed E-state index contributed by atoms with van der Waals surface area (Å²) in [6.07, 6.45) is 2.09. The van der Waals surface area contributed by atoms with Crippen LogP contribution < -0.4 is 19.5 Å². The number of allylic oxidation sites excluding steroid dienone is 2. The van der Waals surface area contributed by atoms with Crippen molar-refractivity contribution in [1.82, 2.24) is 5.32 Å². The highest BCUT2D eigenvalue weighted by atomic mass is 19.1. The molecule has 0 fully saturated rings. The number of amides is 1. The van der Waals surface area contributed by atoms with Gasteiger partial charge in [-0.3, -0.25) is 4.79 Å². The van der Waals surface area contributed by atoms with Gasteiger partial charge in [0.1, 0.15) is 12.4 Å². The molecule has 4 rings (SSSR count). The molecule has 0 atom stereocenters. The monoisotopic (exact) mass is 503 g/mol. The van der Waals surface area contributed by atoms with E-state index in [-0.39, 0.29) is 31.4 Å². The second-order valence-electron chi connectivity index (χ2n) is 8.62. The molecular weight excluding hydrogens is 473 g/mol. The van der Waals surface area contributed by atoms with E-state index in [0.29, 0.717) is 29.4 Å². The molecular formula is C30H30FNO5. The number of nitrogens with one attached hydrogen (secondary N) is 1. The normalized spacial score (nSPS) is 13.5. The number of hydrogen-bond acceptors (Lipinski definition) is 5. The summed E-state index contributed by atoms with van der Waals surface area (Å²) in [4.78, 5) is 12.8. The molecule has 0 bridgehead atoms. The minimum absolute atomic E-state index is 0.101. The number of aliphatic hydroxyl groups is 1. The fourth-order valence-corrected chi connectivity index (χ4v) is 4.44. The van der Waals surface area contributed by atoms with Gasteiger partial charge in [0.15, 0.2) is 11.5 Å². The minimum atomic E-state index is -0.358. The number of methoxy groups -OCH3 is 2. The summed E-state index contributed by atoms with van der Waals surface area (Å²) in [5, 5.41) is 12.1. The van der Waals surface area contributed by atoms with Gasteiger partial charge < -0.3 is 24.6 Å². The Kier molecular flexibility index (Phi) is 8.25. The van der Waals surface area contributed by atoms with Crippen molar-refractivity contribution in [2.45, 2.75) is 19.9 Å². The van der Waals surface area contributed by atoms with E-state index in [1.165, 1.54) is 26.4 Å². The highest BCUT2D eigenvalue weighted by molar-refractivity contribution is 6.08. The van der Waals surface area contributed by atoms with Crippen LogP contribution in [0.15, 0.2) is 66.2 Å². The molecule has 0 radical (unpaired) electrons. The Labute approximate surface area is 216 Å². The lowest BCUT2D eigenvalue weighted by Crippen LogP contribution is -2.22. The van der Waals surface area contributed by atoms with E-state index in [1.807, 2.05) is 55.5 Å². The molecule has 0 aliphatic heterocycles. The smallest absolute Gasteiger partial charge is 0.224 e. The fourth-order valence-electron chi connectivity index (χ4n) is 4.44. The number of rotatable bonds is 10. The van der Waals surface area contributed by atoms with Gasteiger partial charge in [0, 0.05) is 6.54 Å². The lowest BCUT2D eigenvalue weighted by Gasteiger charge is -2.15. The van der Waals surface area contributed by atoms with Crippen molar-refractivity contribution in [3.8, 4) is 17.2 Å². The van der Waals surface area contributed by atoms with Crippen molar-refractivity contribution in [3.63, 3.8) is 0 Å². The third kappa shape index (κ3) is 5.84. The van der Waals surface area contributed by atoms with E-state index in [9.17, 15) is 9.18 Å². The summed E-state index contributed by atoms with van der Waals surface area (Å²) in [6.45, 7) is 2.33. The largest absolute Gasteiger partial charge is 0.493 e. The molecule has 0 spiro atoms. The molecule has 0 aromatic heterocycles. The van der Waals surface area contributed by atoms with Gasteiger partial charge in [0.2, 0.25) is 11.7 Å². The first kappa shape index (κ1) is 26.0.